The molecule has 2 aromatic heterocycles. The summed E-state index contributed by atoms with van der Waals surface area (Å²) in [5, 5.41) is 0. The summed E-state index contributed by atoms with van der Waals surface area (Å²) in [5.74, 6) is 0. The van der Waals surface area contributed by atoms with E-state index >= 15 is 0 Å². The zero-order valence-electron chi connectivity index (χ0n) is 7.47. The molecule has 0 amide bonds. The van der Waals surface area contributed by atoms with E-state index in [1.54, 1.807) is 12.3 Å². The lowest BCUT2D eigenvalue weighted by molar-refractivity contribution is 1.08. The maximum Gasteiger partial charge on any atom is 0.326 e. The third-order valence-corrected chi connectivity index (χ3v) is 1.45. The van der Waals surface area contributed by atoms with Crippen LogP contribution in [0.1, 0.15) is 13.8 Å². The first-order chi connectivity index (χ1) is 6.27. The van der Waals surface area contributed by atoms with Crippen LogP contribution < -0.4 is 11.2 Å². The van der Waals surface area contributed by atoms with Crippen molar-refractivity contribution in [1.82, 2.24) is 15.0 Å². The Kier molecular flexibility index (Phi) is 2.69. The Morgan fingerprint density at radius 2 is 1.85 bits per heavy atom. The molecule has 0 aliphatic carbocycles. The van der Waals surface area contributed by atoms with Crippen LogP contribution in [0.25, 0.3) is 11.0 Å². The quantitative estimate of drug-likeness (QED) is 0.555. The van der Waals surface area contributed by atoms with Crippen molar-refractivity contribution >= 4 is 11.0 Å². The second-order valence-electron chi connectivity index (χ2n) is 2.17. The maximum atomic E-state index is 11.0. The molecule has 5 heteroatoms. The van der Waals surface area contributed by atoms with Crippen LogP contribution in [0.2, 0.25) is 0 Å². The average molecular weight is 181 g/mol. The van der Waals surface area contributed by atoms with Crippen molar-refractivity contribution in [1.29, 1.82) is 0 Å². The van der Waals surface area contributed by atoms with E-state index in [0.29, 0.717) is 11.0 Å². The van der Waals surface area contributed by atoms with E-state index in [1.807, 2.05) is 13.8 Å². The number of hydrogen-bond acceptors (Lipinski definition) is 2. The minimum atomic E-state index is -0.484. The molecule has 0 bridgehead atoms. The molecule has 0 spiro atoms. The van der Waals surface area contributed by atoms with Gasteiger partial charge in [0.15, 0.2) is 0 Å². The lowest BCUT2D eigenvalue weighted by atomic mass is 10.5. The Hall–Kier alpha value is -1.78. The number of aromatic amines is 3. The zero-order chi connectivity index (χ0) is 9.84. The van der Waals surface area contributed by atoms with Gasteiger partial charge >= 0.3 is 5.69 Å². The largest absolute Gasteiger partial charge is 0.355 e. The van der Waals surface area contributed by atoms with Crippen molar-refractivity contribution in [2.75, 3.05) is 0 Å². The summed E-state index contributed by atoms with van der Waals surface area (Å²) in [6, 6.07) is 1.63. The Morgan fingerprint density at radius 1 is 1.15 bits per heavy atom. The van der Waals surface area contributed by atoms with E-state index in [4.69, 9.17) is 0 Å². The van der Waals surface area contributed by atoms with Crippen LogP contribution in [-0.4, -0.2) is 15.0 Å². The normalized spacial score (nSPS) is 9.38. The zero-order valence-corrected chi connectivity index (χ0v) is 7.47. The molecule has 0 aliphatic heterocycles. The molecule has 0 atom stereocenters. The summed E-state index contributed by atoms with van der Waals surface area (Å²) in [6.45, 7) is 4.00. The summed E-state index contributed by atoms with van der Waals surface area (Å²) >= 11 is 0. The maximum absolute atomic E-state index is 11.0. The monoisotopic (exact) mass is 181 g/mol. The molecule has 3 N–H and O–H groups in total. The number of nitrogens with one attached hydrogen (secondary N) is 3. The van der Waals surface area contributed by atoms with Crippen molar-refractivity contribution in [3.8, 4) is 0 Å². The molecule has 2 aromatic rings. The summed E-state index contributed by atoms with van der Waals surface area (Å²) in [4.78, 5) is 28.9. The smallest absolute Gasteiger partial charge is 0.326 e. The molecule has 70 valence electrons. The van der Waals surface area contributed by atoms with Gasteiger partial charge < -0.3 is 9.97 Å². The van der Waals surface area contributed by atoms with Crippen LogP contribution in [0, 0.1) is 0 Å². The fourth-order valence-electron chi connectivity index (χ4n) is 0.981. The minimum Gasteiger partial charge on any atom is -0.355 e. The molecule has 0 saturated carbocycles. The van der Waals surface area contributed by atoms with Crippen LogP contribution in [0.15, 0.2) is 21.9 Å². The van der Waals surface area contributed by atoms with E-state index in [9.17, 15) is 9.59 Å². The molecule has 0 radical (unpaired) electrons. The van der Waals surface area contributed by atoms with Crippen LogP contribution in [-0.2, 0) is 0 Å². The topological polar surface area (TPSA) is 81.5 Å². The molecule has 2 heterocycles. The van der Waals surface area contributed by atoms with E-state index < -0.39 is 11.2 Å². The van der Waals surface area contributed by atoms with E-state index in [2.05, 4.69) is 15.0 Å². The summed E-state index contributed by atoms with van der Waals surface area (Å²) in [5.41, 5.74) is 0.0409. The Labute approximate surface area is 73.8 Å². The Balaban J connectivity index is 0.000000396. The van der Waals surface area contributed by atoms with Crippen molar-refractivity contribution < 1.29 is 0 Å². The van der Waals surface area contributed by atoms with Gasteiger partial charge in [0.25, 0.3) is 5.56 Å². The van der Waals surface area contributed by atoms with Crippen molar-refractivity contribution in [2.24, 2.45) is 0 Å². The van der Waals surface area contributed by atoms with Gasteiger partial charge in [-0.05, 0) is 6.07 Å². The lowest BCUT2D eigenvalue weighted by Crippen LogP contribution is -2.21. The SMILES string of the molecule is CC.O=c1[nH]c(=O)c2[nH]ccc2[nH]1. The van der Waals surface area contributed by atoms with Crippen molar-refractivity contribution in [3.05, 3.63) is 33.1 Å². The second kappa shape index (κ2) is 3.75. The van der Waals surface area contributed by atoms with Crippen LogP contribution in [0.3, 0.4) is 0 Å². The van der Waals surface area contributed by atoms with Gasteiger partial charge in [0.05, 0.1) is 5.52 Å². The van der Waals surface area contributed by atoms with Crippen LogP contribution >= 0.6 is 0 Å². The molecular weight excluding hydrogens is 170 g/mol. The van der Waals surface area contributed by atoms with Gasteiger partial charge in [-0.15, -0.1) is 0 Å². The fraction of sp³-hybridized carbons (Fsp3) is 0.250. The highest BCUT2D eigenvalue weighted by Gasteiger charge is 1.98. The van der Waals surface area contributed by atoms with Gasteiger partial charge in [-0.2, -0.15) is 0 Å². The molecule has 2 rings (SSSR count). The summed E-state index contributed by atoms with van der Waals surface area (Å²) in [7, 11) is 0. The van der Waals surface area contributed by atoms with Crippen molar-refractivity contribution in [2.45, 2.75) is 13.8 Å². The van der Waals surface area contributed by atoms with Crippen LogP contribution in [0.4, 0.5) is 0 Å². The van der Waals surface area contributed by atoms with E-state index in [-0.39, 0.29) is 0 Å². The van der Waals surface area contributed by atoms with Gasteiger partial charge in [0.1, 0.15) is 5.52 Å². The molecule has 13 heavy (non-hydrogen) atoms. The Bertz CT molecular complexity index is 492. The third-order valence-electron chi connectivity index (χ3n) is 1.45. The van der Waals surface area contributed by atoms with E-state index in [1.165, 1.54) is 0 Å². The predicted octanol–water partition coefficient (Wildman–Crippen LogP) is 0.571. The standard InChI is InChI=1S/C6H5N3O2.C2H6/c10-5-4-3(1-2-7-4)8-6(11)9-5;1-2/h1-2,7H,(H2,8,9,10,11);1-2H3. The average Bonchev–Trinajstić information content (AvgIpc) is 2.55. The molecule has 0 unspecified atom stereocenters. The Morgan fingerprint density at radius 3 is 2.54 bits per heavy atom. The molecule has 0 fully saturated rings. The molecule has 0 aromatic carbocycles. The van der Waals surface area contributed by atoms with Gasteiger partial charge in [0, 0.05) is 6.20 Å². The molecular formula is C8H11N3O2. The van der Waals surface area contributed by atoms with Gasteiger partial charge in [-0.1, -0.05) is 13.8 Å². The van der Waals surface area contributed by atoms with Gasteiger partial charge in [-0.25, -0.2) is 4.79 Å². The number of aromatic nitrogens is 3. The molecule has 0 saturated heterocycles. The highest BCUT2D eigenvalue weighted by atomic mass is 16.2. The second-order valence-corrected chi connectivity index (χ2v) is 2.17. The summed E-state index contributed by atoms with van der Waals surface area (Å²) in [6.07, 6.45) is 1.59. The minimum absolute atomic E-state index is 0.393. The number of H-pyrrole nitrogens is 3. The molecule has 0 aliphatic rings. The highest BCUT2D eigenvalue weighted by Crippen LogP contribution is 1.97. The fourth-order valence-corrected chi connectivity index (χ4v) is 0.981. The first-order valence-corrected chi connectivity index (χ1v) is 4.07. The van der Waals surface area contributed by atoms with Gasteiger partial charge in [-0.3, -0.25) is 9.78 Å². The van der Waals surface area contributed by atoms with E-state index in [0.717, 1.165) is 0 Å². The first kappa shape index (κ1) is 9.31. The lowest BCUT2D eigenvalue weighted by Gasteiger charge is -1.85. The third kappa shape index (κ3) is 1.69. The predicted molar refractivity (Wildman–Crippen MR) is 50.9 cm³/mol. The number of hydrogen-bond donors (Lipinski definition) is 3. The first-order valence-electron chi connectivity index (χ1n) is 4.07. The highest BCUT2D eigenvalue weighted by molar-refractivity contribution is 5.72. The molecule has 5 nitrogen and oxygen atoms in total. The van der Waals surface area contributed by atoms with Gasteiger partial charge in [0.2, 0.25) is 0 Å². The summed E-state index contributed by atoms with van der Waals surface area (Å²) < 4.78 is 0. The van der Waals surface area contributed by atoms with Crippen LogP contribution in [0.5, 0.6) is 0 Å². The van der Waals surface area contributed by atoms with Crippen molar-refractivity contribution in [3.63, 3.8) is 0 Å². The number of rotatable bonds is 0. The number of fused-ring (bicyclic) bond motifs is 1.